The molecule has 0 fully saturated rings. The van der Waals surface area contributed by atoms with Gasteiger partial charge in [-0.2, -0.15) is 0 Å². The number of aromatic nitrogens is 2. The molecule has 0 aliphatic carbocycles. The molecule has 2 aromatic heterocycles. The molecule has 3 N–H and O–H groups in total. The van der Waals surface area contributed by atoms with Crippen LogP contribution in [0, 0.1) is 12.8 Å². The molecule has 0 aliphatic heterocycles. The van der Waals surface area contributed by atoms with E-state index in [0.29, 0.717) is 22.4 Å². The van der Waals surface area contributed by atoms with Crippen molar-refractivity contribution < 1.29 is 4.79 Å². The molecule has 5 nitrogen and oxygen atoms in total. The van der Waals surface area contributed by atoms with Crippen molar-refractivity contribution >= 4 is 39.2 Å². The SMILES string of the molecule is CCC(C)Cc1c(C)sc2nc(SCc3ccc(C(N)=O)cc3)[nH]c(=O)c12. The Balaban J connectivity index is 1.82. The second kappa shape index (κ2) is 8.27. The van der Waals surface area contributed by atoms with Gasteiger partial charge in [0.05, 0.1) is 5.39 Å². The summed E-state index contributed by atoms with van der Waals surface area (Å²) in [5.74, 6) is 0.752. The summed E-state index contributed by atoms with van der Waals surface area (Å²) >= 11 is 3.06. The van der Waals surface area contributed by atoms with E-state index in [1.807, 2.05) is 12.1 Å². The number of primary amides is 1. The van der Waals surface area contributed by atoms with Crippen LogP contribution in [-0.4, -0.2) is 15.9 Å². The molecule has 0 aliphatic rings. The predicted molar refractivity (Wildman–Crippen MR) is 113 cm³/mol. The van der Waals surface area contributed by atoms with Crippen molar-refractivity contribution in [1.82, 2.24) is 9.97 Å². The van der Waals surface area contributed by atoms with E-state index in [4.69, 9.17) is 5.73 Å². The Bertz CT molecular complexity index is 1020. The summed E-state index contributed by atoms with van der Waals surface area (Å²) in [6, 6.07) is 7.15. The number of aromatic amines is 1. The second-order valence-corrected chi connectivity index (χ2v) is 8.92. The highest BCUT2D eigenvalue weighted by atomic mass is 32.2. The monoisotopic (exact) mass is 401 g/mol. The summed E-state index contributed by atoms with van der Waals surface area (Å²) in [5.41, 5.74) is 7.85. The summed E-state index contributed by atoms with van der Waals surface area (Å²) in [6.45, 7) is 6.44. The Labute approximate surface area is 166 Å². The largest absolute Gasteiger partial charge is 0.366 e. The number of nitrogens with zero attached hydrogens (tertiary/aromatic N) is 1. The van der Waals surface area contributed by atoms with Crippen molar-refractivity contribution in [3.8, 4) is 0 Å². The van der Waals surface area contributed by atoms with Crippen LogP contribution in [0.1, 0.15) is 46.6 Å². The lowest BCUT2D eigenvalue weighted by Gasteiger charge is -2.08. The Morgan fingerprint density at radius 3 is 2.67 bits per heavy atom. The third-order valence-electron chi connectivity index (χ3n) is 4.70. The Morgan fingerprint density at radius 1 is 1.33 bits per heavy atom. The Kier molecular flexibility index (Phi) is 6.01. The number of thiophene rings is 1. The van der Waals surface area contributed by atoms with Crippen LogP contribution in [0.3, 0.4) is 0 Å². The molecule has 3 rings (SSSR count). The van der Waals surface area contributed by atoms with E-state index in [9.17, 15) is 9.59 Å². The van der Waals surface area contributed by atoms with Crippen molar-refractivity contribution in [2.24, 2.45) is 11.7 Å². The molecule has 7 heteroatoms. The van der Waals surface area contributed by atoms with Crippen LogP contribution in [0.25, 0.3) is 10.2 Å². The fourth-order valence-electron chi connectivity index (χ4n) is 2.88. The zero-order valence-corrected chi connectivity index (χ0v) is 17.3. The summed E-state index contributed by atoms with van der Waals surface area (Å²) < 4.78 is 0. The average Bonchev–Trinajstić information content (AvgIpc) is 2.95. The molecule has 0 saturated heterocycles. The maximum absolute atomic E-state index is 12.7. The minimum atomic E-state index is -0.438. The van der Waals surface area contributed by atoms with Gasteiger partial charge in [0.15, 0.2) is 5.16 Å². The number of hydrogen-bond acceptors (Lipinski definition) is 5. The normalized spacial score (nSPS) is 12.4. The average molecular weight is 402 g/mol. The second-order valence-electron chi connectivity index (χ2n) is 6.76. The standard InChI is InChI=1S/C20H23N3O2S2/c1-4-11(2)9-15-12(3)27-19-16(15)18(25)22-20(23-19)26-10-13-5-7-14(8-6-13)17(21)24/h5-8,11H,4,9-10H2,1-3H3,(H2,21,24)(H,22,23,25). The van der Waals surface area contributed by atoms with Crippen molar-refractivity contribution in [1.29, 1.82) is 0 Å². The molecule has 1 unspecified atom stereocenters. The van der Waals surface area contributed by atoms with Crippen molar-refractivity contribution in [2.75, 3.05) is 0 Å². The number of amides is 1. The van der Waals surface area contributed by atoms with Crippen LogP contribution in [-0.2, 0) is 12.2 Å². The van der Waals surface area contributed by atoms with Crippen molar-refractivity contribution in [3.63, 3.8) is 0 Å². The molecule has 3 aromatic rings. The molecule has 142 valence electrons. The summed E-state index contributed by atoms with van der Waals surface area (Å²) in [7, 11) is 0. The first kappa shape index (κ1) is 19.6. The highest BCUT2D eigenvalue weighted by Crippen LogP contribution is 2.31. The van der Waals surface area contributed by atoms with E-state index >= 15 is 0 Å². The smallest absolute Gasteiger partial charge is 0.260 e. The summed E-state index contributed by atoms with van der Waals surface area (Å²) in [5, 5.41) is 1.36. The lowest BCUT2D eigenvalue weighted by Crippen LogP contribution is -2.11. The number of fused-ring (bicyclic) bond motifs is 1. The number of aryl methyl sites for hydroxylation is 1. The van der Waals surface area contributed by atoms with Crippen LogP contribution >= 0.6 is 23.1 Å². The first-order valence-electron chi connectivity index (χ1n) is 8.92. The maximum atomic E-state index is 12.7. The molecule has 27 heavy (non-hydrogen) atoms. The van der Waals surface area contributed by atoms with Crippen LogP contribution in [0.5, 0.6) is 0 Å². The number of carbonyl (C=O) groups is 1. The van der Waals surface area contributed by atoms with Crippen LogP contribution in [0.2, 0.25) is 0 Å². The first-order valence-corrected chi connectivity index (χ1v) is 10.7. The van der Waals surface area contributed by atoms with E-state index in [1.165, 1.54) is 16.6 Å². The molecule has 0 radical (unpaired) electrons. The van der Waals surface area contributed by atoms with Gasteiger partial charge in [0.2, 0.25) is 5.91 Å². The maximum Gasteiger partial charge on any atom is 0.260 e. The van der Waals surface area contributed by atoms with E-state index < -0.39 is 5.91 Å². The predicted octanol–water partition coefficient (Wildman–Crippen LogP) is 4.27. The lowest BCUT2D eigenvalue weighted by molar-refractivity contribution is 0.100. The molecule has 0 saturated carbocycles. The number of nitrogens with one attached hydrogen (secondary N) is 1. The number of thioether (sulfide) groups is 1. The van der Waals surface area contributed by atoms with Gasteiger partial charge in [-0.3, -0.25) is 9.59 Å². The van der Waals surface area contributed by atoms with Crippen LogP contribution in [0.4, 0.5) is 0 Å². The molecular formula is C20H23N3O2S2. The topological polar surface area (TPSA) is 88.8 Å². The van der Waals surface area contributed by atoms with Gasteiger partial charge in [0, 0.05) is 16.2 Å². The van der Waals surface area contributed by atoms with Gasteiger partial charge in [0.1, 0.15) is 4.83 Å². The van der Waals surface area contributed by atoms with E-state index in [-0.39, 0.29) is 5.56 Å². The number of carbonyl (C=O) groups excluding carboxylic acids is 1. The Morgan fingerprint density at radius 2 is 2.04 bits per heavy atom. The highest BCUT2D eigenvalue weighted by molar-refractivity contribution is 7.98. The van der Waals surface area contributed by atoms with Gasteiger partial charge in [-0.25, -0.2) is 4.98 Å². The minimum absolute atomic E-state index is 0.0609. The molecule has 2 heterocycles. The zero-order chi connectivity index (χ0) is 19.6. The fourth-order valence-corrected chi connectivity index (χ4v) is 4.81. The first-order chi connectivity index (χ1) is 12.9. The number of H-pyrrole nitrogens is 1. The van der Waals surface area contributed by atoms with E-state index in [2.05, 4.69) is 30.7 Å². The fraction of sp³-hybridized carbons (Fsp3) is 0.350. The van der Waals surface area contributed by atoms with Crippen molar-refractivity contribution in [2.45, 2.75) is 44.5 Å². The van der Waals surface area contributed by atoms with Crippen LogP contribution < -0.4 is 11.3 Å². The summed E-state index contributed by atoms with van der Waals surface area (Å²) in [6.07, 6.45) is 2.00. The summed E-state index contributed by atoms with van der Waals surface area (Å²) in [4.78, 5) is 33.4. The number of nitrogens with two attached hydrogens (primary N) is 1. The van der Waals surface area contributed by atoms with Crippen LogP contribution in [0.15, 0.2) is 34.2 Å². The van der Waals surface area contributed by atoms with Gasteiger partial charge in [-0.15, -0.1) is 11.3 Å². The molecule has 1 aromatic carbocycles. The van der Waals surface area contributed by atoms with Crippen molar-refractivity contribution in [3.05, 3.63) is 56.2 Å². The third-order valence-corrected chi connectivity index (χ3v) is 6.69. The van der Waals surface area contributed by atoms with E-state index in [1.54, 1.807) is 23.5 Å². The number of rotatable bonds is 7. The van der Waals surface area contributed by atoms with E-state index in [0.717, 1.165) is 34.2 Å². The minimum Gasteiger partial charge on any atom is -0.366 e. The lowest BCUT2D eigenvalue weighted by atomic mass is 9.98. The molecular weight excluding hydrogens is 378 g/mol. The quantitative estimate of drug-likeness (QED) is 0.457. The molecule has 0 spiro atoms. The zero-order valence-electron chi connectivity index (χ0n) is 15.7. The molecule has 0 bridgehead atoms. The van der Waals surface area contributed by atoms with Gasteiger partial charge < -0.3 is 10.7 Å². The molecule has 1 amide bonds. The van der Waals surface area contributed by atoms with Gasteiger partial charge in [0.25, 0.3) is 5.56 Å². The highest BCUT2D eigenvalue weighted by Gasteiger charge is 2.17. The Hall–Kier alpha value is -2.12. The molecule has 1 atom stereocenters. The van der Waals surface area contributed by atoms with Gasteiger partial charge >= 0.3 is 0 Å². The van der Waals surface area contributed by atoms with Gasteiger partial charge in [-0.1, -0.05) is 44.2 Å². The number of benzene rings is 1. The number of hydrogen-bond donors (Lipinski definition) is 2. The van der Waals surface area contributed by atoms with Gasteiger partial charge in [-0.05, 0) is 42.5 Å². The third kappa shape index (κ3) is 4.42.